The third kappa shape index (κ3) is 3.34. The van der Waals surface area contributed by atoms with Crippen LogP contribution in [0, 0.1) is 13.8 Å². The van der Waals surface area contributed by atoms with Crippen molar-refractivity contribution in [1.29, 1.82) is 0 Å². The van der Waals surface area contributed by atoms with E-state index in [4.69, 9.17) is 5.73 Å². The lowest BCUT2D eigenvalue weighted by molar-refractivity contribution is 0.982. The van der Waals surface area contributed by atoms with Crippen LogP contribution in [0.5, 0.6) is 0 Å². The van der Waals surface area contributed by atoms with E-state index in [1.807, 2.05) is 0 Å². The highest BCUT2D eigenvalue weighted by Gasteiger charge is 2.04. The number of nitrogens with two attached hydrogens (primary N) is 1. The Labute approximate surface area is 99.7 Å². The number of rotatable bonds is 3. The minimum Gasteiger partial charge on any atom is -0.387 e. The third-order valence-electron chi connectivity index (χ3n) is 2.16. The van der Waals surface area contributed by atoms with E-state index in [1.165, 1.54) is 5.56 Å². The lowest BCUT2D eigenvalue weighted by atomic mass is 10.1. The first-order valence-electron chi connectivity index (χ1n) is 5.14. The van der Waals surface area contributed by atoms with Crippen LogP contribution < -0.4 is 5.73 Å². The zero-order valence-electron chi connectivity index (χ0n) is 9.47. The Bertz CT molecular complexity index is 360. The van der Waals surface area contributed by atoms with Gasteiger partial charge in [-0.2, -0.15) is 0 Å². The monoisotopic (exact) mass is 268 g/mol. The Morgan fingerprint density at radius 3 is 2.60 bits per heavy atom. The van der Waals surface area contributed by atoms with E-state index in [0.717, 1.165) is 28.6 Å². The summed E-state index contributed by atoms with van der Waals surface area (Å²) >= 11 is 3.51. The van der Waals surface area contributed by atoms with Gasteiger partial charge in [0.15, 0.2) is 0 Å². The maximum Gasteiger partial charge on any atom is 0.0996 e. The van der Waals surface area contributed by atoms with Gasteiger partial charge in [-0.3, -0.25) is 0 Å². The van der Waals surface area contributed by atoms with Crippen molar-refractivity contribution in [1.82, 2.24) is 0 Å². The van der Waals surface area contributed by atoms with Gasteiger partial charge in [0.25, 0.3) is 0 Å². The fraction of sp³-hybridized carbons (Fsp3) is 0.417. The SMILES string of the molecule is CCCC(N)=Nc1c(C)cc(C)cc1Br. The summed E-state index contributed by atoms with van der Waals surface area (Å²) in [6.45, 7) is 6.22. The summed E-state index contributed by atoms with van der Waals surface area (Å²) in [6.07, 6.45) is 1.87. The van der Waals surface area contributed by atoms with Gasteiger partial charge in [0.05, 0.1) is 11.5 Å². The van der Waals surface area contributed by atoms with Crippen LogP contribution in [0.25, 0.3) is 0 Å². The highest BCUT2D eigenvalue weighted by atomic mass is 79.9. The lowest BCUT2D eigenvalue weighted by Gasteiger charge is -2.06. The normalized spacial score (nSPS) is 11.9. The Balaban J connectivity index is 3.09. The zero-order valence-corrected chi connectivity index (χ0v) is 11.1. The van der Waals surface area contributed by atoms with Crippen molar-refractivity contribution in [2.24, 2.45) is 10.7 Å². The van der Waals surface area contributed by atoms with Crippen molar-refractivity contribution in [2.45, 2.75) is 33.6 Å². The smallest absolute Gasteiger partial charge is 0.0996 e. The zero-order chi connectivity index (χ0) is 11.4. The second-order valence-electron chi connectivity index (χ2n) is 3.77. The molecule has 0 spiro atoms. The van der Waals surface area contributed by atoms with E-state index >= 15 is 0 Å². The summed E-state index contributed by atoms with van der Waals surface area (Å²) in [5.74, 6) is 0.699. The minimum absolute atomic E-state index is 0.699. The average molecular weight is 269 g/mol. The van der Waals surface area contributed by atoms with Crippen molar-refractivity contribution in [3.63, 3.8) is 0 Å². The van der Waals surface area contributed by atoms with Crippen LogP contribution in [0.4, 0.5) is 5.69 Å². The summed E-state index contributed by atoms with van der Waals surface area (Å²) in [4.78, 5) is 4.44. The van der Waals surface area contributed by atoms with Crippen molar-refractivity contribution < 1.29 is 0 Å². The molecule has 1 aromatic rings. The van der Waals surface area contributed by atoms with E-state index in [-0.39, 0.29) is 0 Å². The van der Waals surface area contributed by atoms with E-state index in [9.17, 15) is 0 Å². The second-order valence-corrected chi connectivity index (χ2v) is 4.62. The molecule has 0 saturated heterocycles. The topological polar surface area (TPSA) is 38.4 Å². The first-order chi connectivity index (χ1) is 7.04. The molecule has 0 unspecified atom stereocenters. The van der Waals surface area contributed by atoms with Gasteiger partial charge in [-0.05, 0) is 53.4 Å². The number of hydrogen-bond acceptors (Lipinski definition) is 1. The number of aliphatic imine (C=N–C) groups is 1. The molecule has 0 aromatic heterocycles. The van der Waals surface area contributed by atoms with Crippen LogP contribution in [-0.2, 0) is 0 Å². The van der Waals surface area contributed by atoms with Crippen molar-refractivity contribution in [2.75, 3.05) is 0 Å². The Kier molecular flexibility index (Phi) is 4.33. The molecule has 3 heteroatoms. The third-order valence-corrected chi connectivity index (χ3v) is 2.76. The van der Waals surface area contributed by atoms with Gasteiger partial charge < -0.3 is 5.73 Å². The van der Waals surface area contributed by atoms with Crippen LogP contribution in [-0.4, -0.2) is 5.84 Å². The summed E-state index contributed by atoms with van der Waals surface area (Å²) in [5.41, 5.74) is 9.15. The van der Waals surface area contributed by atoms with Gasteiger partial charge in [0.1, 0.15) is 0 Å². The second kappa shape index (κ2) is 5.31. The average Bonchev–Trinajstić information content (AvgIpc) is 2.11. The number of amidine groups is 1. The molecular formula is C12H17BrN2. The largest absolute Gasteiger partial charge is 0.387 e. The summed E-state index contributed by atoms with van der Waals surface area (Å²) < 4.78 is 1.01. The molecule has 0 aliphatic heterocycles. The van der Waals surface area contributed by atoms with Crippen LogP contribution in [0.15, 0.2) is 21.6 Å². The Hall–Kier alpha value is -0.830. The number of hydrogen-bond donors (Lipinski definition) is 1. The van der Waals surface area contributed by atoms with Gasteiger partial charge in [-0.1, -0.05) is 13.0 Å². The van der Waals surface area contributed by atoms with Crippen LogP contribution >= 0.6 is 15.9 Å². The quantitative estimate of drug-likeness (QED) is 0.656. The molecule has 2 nitrogen and oxygen atoms in total. The van der Waals surface area contributed by atoms with Gasteiger partial charge >= 0.3 is 0 Å². The maximum atomic E-state index is 5.82. The minimum atomic E-state index is 0.699. The molecule has 0 radical (unpaired) electrons. The predicted octanol–water partition coefficient (Wildman–Crippen LogP) is 3.85. The van der Waals surface area contributed by atoms with E-state index in [0.29, 0.717) is 5.84 Å². The molecule has 15 heavy (non-hydrogen) atoms. The molecule has 0 fully saturated rings. The van der Waals surface area contributed by atoms with E-state index < -0.39 is 0 Å². The fourth-order valence-corrected chi connectivity index (χ4v) is 2.27. The number of halogens is 1. The standard InChI is InChI=1S/C12H17BrN2/c1-4-5-11(14)15-12-9(3)6-8(2)7-10(12)13/h6-7H,4-5H2,1-3H3,(H2,14,15). The van der Waals surface area contributed by atoms with Crippen molar-refractivity contribution >= 4 is 27.5 Å². The predicted molar refractivity (Wildman–Crippen MR) is 69.8 cm³/mol. The van der Waals surface area contributed by atoms with E-state index in [1.54, 1.807) is 0 Å². The van der Waals surface area contributed by atoms with Crippen molar-refractivity contribution in [3.8, 4) is 0 Å². The van der Waals surface area contributed by atoms with Crippen LogP contribution in [0.2, 0.25) is 0 Å². The molecule has 0 aliphatic carbocycles. The van der Waals surface area contributed by atoms with Gasteiger partial charge in [-0.25, -0.2) is 4.99 Å². The molecule has 0 saturated carbocycles. The molecule has 0 bridgehead atoms. The van der Waals surface area contributed by atoms with Gasteiger partial charge in [0.2, 0.25) is 0 Å². The summed E-state index contributed by atoms with van der Waals surface area (Å²) in [5, 5.41) is 0. The fourth-order valence-electron chi connectivity index (χ4n) is 1.51. The number of aryl methyl sites for hydroxylation is 2. The number of nitrogens with zero attached hydrogens (tertiary/aromatic N) is 1. The van der Waals surface area contributed by atoms with Crippen LogP contribution in [0.3, 0.4) is 0 Å². The molecule has 2 N–H and O–H groups in total. The maximum absolute atomic E-state index is 5.82. The molecule has 0 amide bonds. The van der Waals surface area contributed by atoms with Crippen molar-refractivity contribution in [3.05, 3.63) is 27.7 Å². The highest BCUT2D eigenvalue weighted by molar-refractivity contribution is 9.10. The Morgan fingerprint density at radius 2 is 2.07 bits per heavy atom. The number of benzene rings is 1. The first kappa shape index (κ1) is 12.2. The highest BCUT2D eigenvalue weighted by Crippen LogP contribution is 2.30. The molecular weight excluding hydrogens is 252 g/mol. The lowest BCUT2D eigenvalue weighted by Crippen LogP contribution is -2.10. The molecule has 1 rings (SSSR count). The Morgan fingerprint density at radius 1 is 1.40 bits per heavy atom. The van der Waals surface area contributed by atoms with Gasteiger partial charge in [-0.15, -0.1) is 0 Å². The van der Waals surface area contributed by atoms with E-state index in [2.05, 4.69) is 53.8 Å². The molecule has 1 aromatic carbocycles. The van der Waals surface area contributed by atoms with Crippen LogP contribution in [0.1, 0.15) is 30.9 Å². The molecule has 0 heterocycles. The molecule has 0 aliphatic rings. The first-order valence-corrected chi connectivity index (χ1v) is 5.93. The van der Waals surface area contributed by atoms with Gasteiger partial charge in [0, 0.05) is 10.9 Å². The summed E-state index contributed by atoms with van der Waals surface area (Å²) in [6, 6.07) is 4.17. The molecule has 82 valence electrons. The summed E-state index contributed by atoms with van der Waals surface area (Å²) in [7, 11) is 0. The molecule has 0 atom stereocenters.